The van der Waals surface area contributed by atoms with Gasteiger partial charge in [-0.2, -0.15) is 11.3 Å². The molecule has 4 nitrogen and oxygen atoms in total. The molecular formula is C26H25N3OS2. The third-order valence-corrected chi connectivity index (χ3v) is 7.75. The molecule has 162 valence electrons. The summed E-state index contributed by atoms with van der Waals surface area (Å²) in [5.74, 6) is 0.778. The van der Waals surface area contributed by atoms with E-state index in [4.69, 9.17) is 4.98 Å². The monoisotopic (exact) mass is 459 g/mol. The molecule has 6 heteroatoms. The fraction of sp³-hybridized carbons (Fsp3) is 0.231. The van der Waals surface area contributed by atoms with Crippen LogP contribution in [0.2, 0.25) is 0 Å². The molecule has 1 amide bonds. The molecule has 3 heterocycles. The van der Waals surface area contributed by atoms with Gasteiger partial charge >= 0.3 is 0 Å². The van der Waals surface area contributed by atoms with Crippen LogP contribution in [0.15, 0.2) is 65.4 Å². The van der Waals surface area contributed by atoms with E-state index in [1.807, 2.05) is 55.5 Å². The van der Waals surface area contributed by atoms with Gasteiger partial charge in [0.1, 0.15) is 10.8 Å². The molecule has 0 saturated heterocycles. The molecule has 1 atom stereocenters. The van der Waals surface area contributed by atoms with Crippen molar-refractivity contribution >= 4 is 39.4 Å². The Morgan fingerprint density at radius 2 is 1.88 bits per heavy atom. The van der Waals surface area contributed by atoms with Gasteiger partial charge in [-0.3, -0.25) is 4.79 Å². The fourth-order valence-electron chi connectivity index (χ4n) is 4.29. The zero-order valence-electron chi connectivity index (χ0n) is 17.9. The normalized spacial score (nSPS) is 13.9. The molecule has 2 N–H and O–H groups in total. The number of nitrogens with zero attached hydrogens (tertiary/aromatic N) is 1. The van der Waals surface area contributed by atoms with Crippen molar-refractivity contribution in [1.82, 2.24) is 4.98 Å². The molecule has 0 unspecified atom stereocenters. The number of nitrogens with one attached hydrogen (secondary N) is 2. The first kappa shape index (κ1) is 20.9. The minimum Gasteiger partial charge on any atom is -0.359 e. The van der Waals surface area contributed by atoms with Gasteiger partial charge in [0, 0.05) is 21.7 Å². The van der Waals surface area contributed by atoms with E-state index in [-0.39, 0.29) is 11.9 Å². The molecule has 0 saturated carbocycles. The van der Waals surface area contributed by atoms with Crippen LogP contribution >= 0.6 is 22.7 Å². The second kappa shape index (κ2) is 9.27. The summed E-state index contributed by atoms with van der Waals surface area (Å²) in [4.78, 5) is 19.1. The maximum absolute atomic E-state index is 13.1. The maximum atomic E-state index is 13.1. The number of pyridine rings is 1. The van der Waals surface area contributed by atoms with Gasteiger partial charge in [0.15, 0.2) is 0 Å². The molecule has 0 aliphatic heterocycles. The van der Waals surface area contributed by atoms with Crippen LogP contribution in [-0.2, 0) is 12.8 Å². The van der Waals surface area contributed by atoms with Crippen LogP contribution in [0.5, 0.6) is 0 Å². The molecule has 1 aliphatic carbocycles. The Kier molecular flexibility index (Phi) is 6.06. The van der Waals surface area contributed by atoms with E-state index in [9.17, 15) is 4.79 Å². The first-order chi connectivity index (χ1) is 15.7. The van der Waals surface area contributed by atoms with Crippen molar-refractivity contribution in [3.63, 3.8) is 0 Å². The van der Waals surface area contributed by atoms with Crippen LogP contribution in [0.25, 0.3) is 0 Å². The van der Waals surface area contributed by atoms with Crippen molar-refractivity contribution in [2.75, 3.05) is 10.6 Å². The number of anilines is 2. The summed E-state index contributed by atoms with van der Waals surface area (Å²) in [5.41, 5.74) is 5.42. The van der Waals surface area contributed by atoms with Gasteiger partial charge < -0.3 is 10.6 Å². The van der Waals surface area contributed by atoms with Crippen molar-refractivity contribution in [2.24, 2.45) is 0 Å². The average molecular weight is 460 g/mol. The lowest BCUT2D eigenvalue weighted by Crippen LogP contribution is -2.18. The van der Waals surface area contributed by atoms with E-state index in [0.717, 1.165) is 29.4 Å². The number of rotatable bonds is 6. The van der Waals surface area contributed by atoms with Crippen molar-refractivity contribution in [2.45, 2.75) is 38.6 Å². The molecule has 0 bridgehead atoms. The summed E-state index contributed by atoms with van der Waals surface area (Å²) in [6.45, 7) is 2.00. The van der Waals surface area contributed by atoms with Gasteiger partial charge in [0.05, 0.1) is 6.04 Å². The molecule has 5 rings (SSSR count). The standard InChI is InChI=1S/C26H25N3OS2/c1-17-8-7-13-22(27-17)28-24(19-14-15-31-16-19)23-20-11-5-6-12-21(20)32-26(23)29-25(30)18-9-3-2-4-10-18/h2-4,7-10,13-16,24H,5-6,11-12H2,1H3,(H,27,28)(H,29,30)/t24-/m0/s1. The lowest BCUT2D eigenvalue weighted by molar-refractivity contribution is 0.102. The Balaban J connectivity index is 1.58. The second-order valence-corrected chi connectivity index (χ2v) is 9.96. The Morgan fingerprint density at radius 3 is 2.66 bits per heavy atom. The summed E-state index contributed by atoms with van der Waals surface area (Å²) in [6, 6.07) is 17.6. The van der Waals surface area contributed by atoms with E-state index in [0.29, 0.717) is 5.56 Å². The minimum absolute atomic E-state index is 0.0665. The minimum atomic E-state index is -0.0697. The van der Waals surface area contributed by atoms with Crippen molar-refractivity contribution in [1.29, 1.82) is 0 Å². The number of hydrogen-bond donors (Lipinski definition) is 2. The number of fused-ring (bicyclic) bond motifs is 1. The number of carbonyl (C=O) groups is 1. The average Bonchev–Trinajstić information content (AvgIpc) is 3.46. The van der Waals surface area contributed by atoms with E-state index in [1.165, 1.54) is 34.4 Å². The van der Waals surface area contributed by atoms with Gasteiger partial charge in [-0.25, -0.2) is 4.98 Å². The predicted molar refractivity (Wildman–Crippen MR) is 134 cm³/mol. The third kappa shape index (κ3) is 4.33. The molecule has 1 aromatic carbocycles. The Morgan fingerprint density at radius 1 is 1.03 bits per heavy atom. The van der Waals surface area contributed by atoms with Crippen LogP contribution in [0, 0.1) is 6.92 Å². The van der Waals surface area contributed by atoms with Crippen LogP contribution in [-0.4, -0.2) is 10.9 Å². The highest BCUT2D eigenvalue weighted by molar-refractivity contribution is 7.16. The molecule has 0 spiro atoms. The van der Waals surface area contributed by atoms with E-state index >= 15 is 0 Å². The predicted octanol–water partition coefficient (Wildman–Crippen LogP) is 6.85. The summed E-state index contributed by atoms with van der Waals surface area (Å²) >= 11 is 3.42. The topological polar surface area (TPSA) is 54.0 Å². The highest BCUT2D eigenvalue weighted by atomic mass is 32.1. The number of amides is 1. The zero-order chi connectivity index (χ0) is 21.9. The van der Waals surface area contributed by atoms with Gasteiger partial charge in [-0.15, -0.1) is 11.3 Å². The lowest BCUT2D eigenvalue weighted by Gasteiger charge is -2.23. The quantitative estimate of drug-likeness (QED) is 0.332. The van der Waals surface area contributed by atoms with Crippen LogP contribution in [0.1, 0.15) is 56.5 Å². The Hall–Kier alpha value is -2.96. The molecule has 4 aromatic rings. The molecule has 1 aliphatic rings. The number of aryl methyl sites for hydroxylation is 2. The maximum Gasteiger partial charge on any atom is 0.256 e. The second-order valence-electron chi connectivity index (χ2n) is 8.07. The third-order valence-electron chi connectivity index (χ3n) is 5.82. The lowest BCUT2D eigenvalue weighted by atomic mass is 9.90. The highest BCUT2D eigenvalue weighted by Crippen LogP contribution is 2.44. The summed E-state index contributed by atoms with van der Waals surface area (Å²) in [6.07, 6.45) is 4.51. The van der Waals surface area contributed by atoms with Crippen LogP contribution < -0.4 is 10.6 Å². The first-order valence-electron chi connectivity index (χ1n) is 10.9. The number of benzene rings is 1. The summed E-state index contributed by atoms with van der Waals surface area (Å²) in [7, 11) is 0. The molecule has 0 fully saturated rings. The summed E-state index contributed by atoms with van der Waals surface area (Å²) in [5, 5.41) is 12.2. The van der Waals surface area contributed by atoms with Crippen molar-refractivity contribution < 1.29 is 4.79 Å². The fourth-order valence-corrected chi connectivity index (χ4v) is 6.29. The smallest absolute Gasteiger partial charge is 0.256 e. The van der Waals surface area contributed by atoms with Gasteiger partial charge in [-0.1, -0.05) is 24.3 Å². The molecule has 32 heavy (non-hydrogen) atoms. The Bertz CT molecular complexity index is 1220. The number of thiophene rings is 2. The highest BCUT2D eigenvalue weighted by Gasteiger charge is 2.29. The van der Waals surface area contributed by atoms with Crippen molar-refractivity contribution in [3.05, 3.63) is 98.2 Å². The Labute approximate surface area is 196 Å². The molecule has 0 radical (unpaired) electrons. The van der Waals surface area contributed by atoms with E-state index in [1.54, 1.807) is 22.7 Å². The zero-order valence-corrected chi connectivity index (χ0v) is 19.6. The van der Waals surface area contributed by atoms with Crippen LogP contribution in [0.4, 0.5) is 10.8 Å². The first-order valence-corrected chi connectivity index (χ1v) is 12.7. The van der Waals surface area contributed by atoms with Gasteiger partial charge in [0.2, 0.25) is 0 Å². The SMILES string of the molecule is Cc1cccc(N[C@@H](c2ccsc2)c2c(NC(=O)c3ccccc3)sc3c2CCCC3)n1. The van der Waals surface area contributed by atoms with E-state index in [2.05, 4.69) is 27.5 Å². The molecule has 3 aromatic heterocycles. The molecular weight excluding hydrogens is 434 g/mol. The van der Waals surface area contributed by atoms with E-state index < -0.39 is 0 Å². The number of aromatic nitrogens is 1. The number of carbonyl (C=O) groups excluding carboxylic acids is 1. The van der Waals surface area contributed by atoms with Gasteiger partial charge in [-0.05, 0) is 84.8 Å². The largest absolute Gasteiger partial charge is 0.359 e. The van der Waals surface area contributed by atoms with Gasteiger partial charge in [0.25, 0.3) is 5.91 Å². The summed E-state index contributed by atoms with van der Waals surface area (Å²) < 4.78 is 0. The number of hydrogen-bond acceptors (Lipinski definition) is 5. The van der Waals surface area contributed by atoms with Crippen LogP contribution in [0.3, 0.4) is 0 Å². The van der Waals surface area contributed by atoms with Crippen molar-refractivity contribution in [3.8, 4) is 0 Å².